The summed E-state index contributed by atoms with van der Waals surface area (Å²) in [6.07, 6.45) is 0. The van der Waals surface area contributed by atoms with Gasteiger partial charge in [0, 0.05) is 13.1 Å². The van der Waals surface area contributed by atoms with Crippen molar-refractivity contribution < 1.29 is 9.53 Å². The van der Waals surface area contributed by atoms with E-state index in [9.17, 15) is 4.79 Å². The van der Waals surface area contributed by atoms with E-state index in [1.165, 1.54) is 22.7 Å². The fourth-order valence-electron chi connectivity index (χ4n) is 3.05. The second kappa shape index (κ2) is 8.39. The number of thiazole rings is 1. The van der Waals surface area contributed by atoms with Crippen molar-refractivity contribution in [2.75, 3.05) is 36.5 Å². The summed E-state index contributed by atoms with van der Waals surface area (Å²) in [5.74, 6) is -0.194. The molecule has 0 radical (unpaired) electrons. The molecule has 1 saturated heterocycles. The Labute approximate surface area is 180 Å². The van der Waals surface area contributed by atoms with Gasteiger partial charge in [-0.05, 0) is 31.2 Å². The van der Waals surface area contributed by atoms with Crippen molar-refractivity contribution in [2.45, 2.75) is 6.92 Å². The number of anilines is 2. The molecule has 1 fully saturated rings. The Hall–Kier alpha value is -1.64. The van der Waals surface area contributed by atoms with Gasteiger partial charge in [-0.1, -0.05) is 29.3 Å². The Morgan fingerprint density at radius 3 is 2.68 bits per heavy atom. The lowest BCUT2D eigenvalue weighted by Crippen LogP contribution is -2.37. The smallest absolute Gasteiger partial charge is 0.267 e. The first-order valence-corrected chi connectivity index (χ1v) is 11.1. The molecule has 4 rings (SSSR count). The topological polar surface area (TPSA) is 54.5 Å². The molecule has 0 bridgehead atoms. The zero-order valence-electron chi connectivity index (χ0n) is 15.0. The van der Waals surface area contributed by atoms with E-state index in [1.54, 1.807) is 0 Å². The van der Waals surface area contributed by atoms with Gasteiger partial charge in [-0.15, -0.1) is 22.7 Å². The van der Waals surface area contributed by atoms with Gasteiger partial charge >= 0.3 is 0 Å². The molecule has 0 spiro atoms. The first kappa shape index (κ1) is 19.7. The van der Waals surface area contributed by atoms with Gasteiger partial charge in [-0.25, -0.2) is 4.98 Å². The van der Waals surface area contributed by atoms with Crippen LogP contribution in [0.3, 0.4) is 0 Å². The standard InChI is InChI=1S/C19H17Cl2N3O2S2/c1-11-17(28-19(22-11)14-5-6-15(21)27-14)18(25)23-13-4-2-3-12(20)16(13)24-7-9-26-10-8-24/h2-6H,7-10H2,1H3,(H,23,25). The highest BCUT2D eigenvalue weighted by atomic mass is 35.5. The van der Waals surface area contributed by atoms with Crippen LogP contribution in [0.5, 0.6) is 0 Å². The van der Waals surface area contributed by atoms with Gasteiger partial charge in [0.25, 0.3) is 5.91 Å². The monoisotopic (exact) mass is 453 g/mol. The van der Waals surface area contributed by atoms with Crippen molar-refractivity contribution >= 4 is 63.2 Å². The third-order valence-electron chi connectivity index (χ3n) is 4.35. The number of hydrogen-bond acceptors (Lipinski definition) is 6. The highest BCUT2D eigenvalue weighted by Crippen LogP contribution is 2.37. The number of aromatic nitrogens is 1. The number of morpholine rings is 1. The second-order valence-corrected chi connectivity index (χ2v) is 9.35. The van der Waals surface area contributed by atoms with Gasteiger partial charge < -0.3 is 15.0 Å². The molecule has 2 aromatic heterocycles. The maximum atomic E-state index is 13.0. The fourth-order valence-corrected chi connectivity index (χ4v) is 5.40. The van der Waals surface area contributed by atoms with Crippen LogP contribution in [0.4, 0.5) is 11.4 Å². The highest BCUT2D eigenvalue weighted by Gasteiger charge is 2.22. The number of benzene rings is 1. The maximum Gasteiger partial charge on any atom is 0.267 e. The molecule has 3 heterocycles. The number of rotatable bonds is 4. The van der Waals surface area contributed by atoms with E-state index in [4.69, 9.17) is 27.9 Å². The number of amides is 1. The molecule has 3 aromatic rings. The molecular formula is C19H17Cl2N3O2S2. The number of carbonyl (C=O) groups is 1. The molecule has 1 aliphatic heterocycles. The quantitative estimate of drug-likeness (QED) is 0.560. The number of hydrogen-bond donors (Lipinski definition) is 1. The molecule has 0 saturated carbocycles. The largest absolute Gasteiger partial charge is 0.378 e. The van der Waals surface area contributed by atoms with Crippen LogP contribution < -0.4 is 10.2 Å². The van der Waals surface area contributed by atoms with E-state index >= 15 is 0 Å². The summed E-state index contributed by atoms with van der Waals surface area (Å²) >= 11 is 15.3. The van der Waals surface area contributed by atoms with Crippen molar-refractivity contribution in [1.82, 2.24) is 4.98 Å². The number of ether oxygens (including phenoxy) is 1. The molecular weight excluding hydrogens is 437 g/mol. The van der Waals surface area contributed by atoms with Gasteiger partial charge in [0.15, 0.2) is 0 Å². The molecule has 1 aliphatic rings. The maximum absolute atomic E-state index is 13.0. The van der Waals surface area contributed by atoms with E-state index in [-0.39, 0.29) is 5.91 Å². The van der Waals surface area contributed by atoms with Gasteiger partial charge in [0.05, 0.1) is 44.5 Å². The Bertz CT molecular complexity index is 1010. The lowest BCUT2D eigenvalue weighted by atomic mass is 10.2. The van der Waals surface area contributed by atoms with E-state index in [0.29, 0.717) is 38.8 Å². The number of carbonyl (C=O) groups excluding carboxylic acids is 1. The van der Waals surface area contributed by atoms with Crippen LogP contribution in [0, 0.1) is 6.92 Å². The van der Waals surface area contributed by atoms with Crippen LogP contribution in [0.25, 0.3) is 9.88 Å². The average molecular weight is 454 g/mol. The summed E-state index contributed by atoms with van der Waals surface area (Å²) in [5, 5.41) is 4.41. The molecule has 0 atom stereocenters. The number of nitrogens with zero attached hydrogens (tertiary/aromatic N) is 2. The Morgan fingerprint density at radius 2 is 1.96 bits per heavy atom. The zero-order valence-corrected chi connectivity index (χ0v) is 18.1. The number of para-hydroxylation sites is 1. The summed E-state index contributed by atoms with van der Waals surface area (Å²) in [5.41, 5.74) is 2.21. The molecule has 1 amide bonds. The van der Waals surface area contributed by atoms with Crippen LogP contribution >= 0.6 is 45.9 Å². The molecule has 5 nitrogen and oxygen atoms in total. The van der Waals surface area contributed by atoms with E-state index in [1.807, 2.05) is 37.3 Å². The Morgan fingerprint density at radius 1 is 1.18 bits per heavy atom. The normalized spacial score (nSPS) is 14.3. The molecule has 1 N–H and O–H groups in total. The average Bonchev–Trinajstić information content (AvgIpc) is 3.28. The summed E-state index contributed by atoms with van der Waals surface area (Å²) < 4.78 is 6.12. The third-order valence-corrected chi connectivity index (χ3v) is 7.21. The number of nitrogens with one attached hydrogen (secondary N) is 1. The number of thiophene rings is 1. The number of halogens is 2. The predicted molar refractivity (Wildman–Crippen MR) is 118 cm³/mol. The summed E-state index contributed by atoms with van der Waals surface area (Å²) in [7, 11) is 0. The molecule has 9 heteroatoms. The SMILES string of the molecule is Cc1nc(-c2ccc(Cl)s2)sc1C(=O)Nc1cccc(Cl)c1N1CCOCC1. The molecule has 0 unspecified atom stereocenters. The first-order valence-electron chi connectivity index (χ1n) is 8.68. The molecule has 146 valence electrons. The summed E-state index contributed by atoms with van der Waals surface area (Å²) in [4.78, 5) is 21.2. The van der Waals surface area contributed by atoms with Gasteiger partial charge in [0.1, 0.15) is 9.88 Å². The molecule has 1 aromatic carbocycles. The summed E-state index contributed by atoms with van der Waals surface area (Å²) in [6, 6.07) is 9.28. The lowest BCUT2D eigenvalue weighted by molar-refractivity contribution is 0.103. The lowest BCUT2D eigenvalue weighted by Gasteiger charge is -2.31. The minimum absolute atomic E-state index is 0.194. The van der Waals surface area contributed by atoms with E-state index in [0.717, 1.165) is 28.7 Å². The van der Waals surface area contributed by atoms with Crippen molar-refractivity contribution in [3.05, 3.63) is 50.3 Å². The highest BCUT2D eigenvalue weighted by molar-refractivity contribution is 7.24. The predicted octanol–water partition coefficient (Wildman–Crippen LogP) is 5.58. The van der Waals surface area contributed by atoms with Crippen LogP contribution in [0.15, 0.2) is 30.3 Å². The minimum atomic E-state index is -0.194. The second-order valence-electron chi connectivity index (χ2n) is 6.23. The van der Waals surface area contributed by atoms with Gasteiger partial charge in [0.2, 0.25) is 0 Å². The van der Waals surface area contributed by atoms with E-state index < -0.39 is 0 Å². The van der Waals surface area contributed by atoms with Crippen molar-refractivity contribution in [3.8, 4) is 9.88 Å². The van der Waals surface area contributed by atoms with Crippen LogP contribution in [-0.2, 0) is 4.74 Å². The zero-order chi connectivity index (χ0) is 19.7. The number of aryl methyl sites for hydroxylation is 1. The summed E-state index contributed by atoms with van der Waals surface area (Å²) in [6.45, 7) is 4.58. The first-order chi connectivity index (χ1) is 13.5. The van der Waals surface area contributed by atoms with Gasteiger partial charge in [-0.2, -0.15) is 0 Å². The van der Waals surface area contributed by atoms with Crippen LogP contribution in [-0.4, -0.2) is 37.2 Å². The van der Waals surface area contributed by atoms with E-state index in [2.05, 4.69) is 15.2 Å². The Kier molecular flexibility index (Phi) is 5.89. The third kappa shape index (κ3) is 4.04. The van der Waals surface area contributed by atoms with Crippen molar-refractivity contribution in [3.63, 3.8) is 0 Å². The van der Waals surface area contributed by atoms with Crippen molar-refractivity contribution in [1.29, 1.82) is 0 Å². The van der Waals surface area contributed by atoms with Crippen molar-refractivity contribution in [2.24, 2.45) is 0 Å². The molecule has 28 heavy (non-hydrogen) atoms. The van der Waals surface area contributed by atoms with Crippen LogP contribution in [0.1, 0.15) is 15.4 Å². The fraction of sp³-hybridized carbons (Fsp3) is 0.263. The Balaban J connectivity index is 1.61. The minimum Gasteiger partial charge on any atom is -0.378 e. The van der Waals surface area contributed by atoms with Crippen LogP contribution in [0.2, 0.25) is 9.36 Å². The van der Waals surface area contributed by atoms with Gasteiger partial charge in [-0.3, -0.25) is 4.79 Å². The molecule has 0 aliphatic carbocycles.